The Kier molecular flexibility index (Phi) is 6.32. The van der Waals surface area contributed by atoms with E-state index in [9.17, 15) is 14.9 Å². The van der Waals surface area contributed by atoms with Gasteiger partial charge in [-0.25, -0.2) is 0 Å². The van der Waals surface area contributed by atoms with E-state index in [0.717, 1.165) is 31.5 Å². The smallest absolute Gasteiger partial charge is 0.269 e. The van der Waals surface area contributed by atoms with E-state index in [1.165, 1.54) is 12.1 Å². The van der Waals surface area contributed by atoms with Crippen LogP contribution in [0.25, 0.3) is 0 Å². The Labute approximate surface area is 140 Å². The molecule has 0 aromatic heterocycles. The lowest BCUT2D eigenvalue weighted by Gasteiger charge is -2.31. The summed E-state index contributed by atoms with van der Waals surface area (Å²) in [6, 6.07) is 4.80. The van der Waals surface area contributed by atoms with E-state index in [0.29, 0.717) is 24.2 Å². The molecule has 1 amide bonds. The highest BCUT2D eigenvalue weighted by Gasteiger charge is 2.20. The molecule has 1 heterocycles. The summed E-state index contributed by atoms with van der Waals surface area (Å²) >= 11 is 6.10. The first-order chi connectivity index (χ1) is 11.0. The van der Waals surface area contributed by atoms with Gasteiger partial charge in [0.05, 0.1) is 11.5 Å². The highest BCUT2D eigenvalue weighted by atomic mass is 35.5. The fraction of sp³-hybridized carbons (Fsp3) is 0.533. The third-order valence-corrected chi connectivity index (χ3v) is 4.42. The normalized spacial score (nSPS) is 16.3. The van der Waals surface area contributed by atoms with Crippen LogP contribution in [-0.2, 0) is 11.3 Å². The molecule has 2 N–H and O–H groups in total. The Morgan fingerprint density at radius 3 is 2.74 bits per heavy atom. The Morgan fingerprint density at radius 2 is 2.13 bits per heavy atom. The summed E-state index contributed by atoms with van der Waals surface area (Å²) in [5, 5.41) is 17.4. The van der Waals surface area contributed by atoms with Crippen LogP contribution in [0, 0.1) is 10.1 Å². The third-order valence-electron chi connectivity index (χ3n) is 4.05. The quantitative estimate of drug-likeness (QED) is 0.606. The highest BCUT2D eigenvalue weighted by Crippen LogP contribution is 2.22. The summed E-state index contributed by atoms with van der Waals surface area (Å²) in [6.45, 7) is 2.64. The number of hydrogen-bond donors (Lipinski definition) is 2. The van der Waals surface area contributed by atoms with Crippen molar-refractivity contribution in [2.45, 2.75) is 25.4 Å². The first kappa shape index (κ1) is 17.7. The Hall–Kier alpha value is -1.70. The molecular weight excluding hydrogens is 320 g/mol. The molecule has 2 rings (SSSR count). The number of carbonyl (C=O) groups is 1. The Morgan fingerprint density at radius 1 is 1.43 bits per heavy atom. The topological polar surface area (TPSA) is 87.5 Å². The number of likely N-dealkylation sites (N-methyl/N-ethyl adjacent to an activating group) is 1. The second-order valence-electron chi connectivity index (χ2n) is 5.64. The van der Waals surface area contributed by atoms with Crippen molar-refractivity contribution in [2.75, 3.05) is 26.7 Å². The molecule has 8 heteroatoms. The minimum absolute atomic E-state index is 0.0276. The predicted molar refractivity (Wildman–Crippen MR) is 88.5 cm³/mol. The molecule has 0 spiro atoms. The number of amides is 1. The van der Waals surface area contributed by atoms with Gasteiger partial charge in [0.25, 0.3) is 5.69 Å². The summed E-state index contributed by atoms with van der Waals surface area (Å²) in [7, 11) is 1.64. The molecule has 0 radical (unpaired) electrons. The number of nitrogens with zero attached hydrogens (tertiary/aromatic N) is 2. The van der Waals surface area contributed by atoms with Gasteiger partial charge in [0.2, 0.25) is 5.91 Å². The number of nitro groups is 1. The van der Waals surface area contributed by atoms with Crippen LogP contribution >= 0.6 is 11.6 Å². The standard InChI is InChI=1S/C15H21ClN4O3/c1-17-15(21)10-19-6-4-12(5-7-19)18-9-11-8-13(20(22)23)2-3-14(11)16/h2-3,8,12,18H,4-7,9-10H2,1H3,(H,17,21). The van der Waals surface area contributed by atoms with E-state index in [4.69, 9.17) is 11.6 Å². The monoisotopic (exact) mass is 340 g/mol. The second kappa shape index (κ2) is 8.24. The van der Waals surface area contributed by atoms with Crippen molar-refractivity contribution in [1.29, 1.82) is 0 Å². The van der Waals surface area contributed by atoms with E-state index in [-0.39, 0.29) is 11.6 Å². The molecule has 0 atom stereocenters. The SMILES string of the molecule is CNC(=O)CN1CCC(NCc2cc([N+](=O)[O-])ccc2Cl)CC1. The van der Waals surface area contributed by atoms with Crippen molar-refractivity contribution in [3.63, 3.8) is 0 Å². The zero-order valence-electron chi connectivity index (χ0n) is 13.0. The number of hydrogen-bond acceptors (Lipinski definition) is 5. The fourth-order valence-electron chi connectivity index (χ4n) is 2.64. The van der Waals surface area contributed by atoms with Crippen LogP contribution in [0.15, 0.2) is 18.2 Å². The van der Waals surface area contributed by atoms with E-state index < -0.39 is 4.92 Å². The van der Waals surface area contributed by atoms with E-state index in [1.807, 2.05) is 0 Å². The maximum atomic E-state index is 11.4. The zero-order chi connectivity index (χ0) is 16.8. The van der Waals surface area contributed by atoms with Crippen molar-refractivity contribution in [2.24, 2.45) is 0 Å². The molecule has 1 aromatic carbocycles. The summed E-state index contributed by atoms with van der Waals surface area (Å²) in [4.78, 5) is 23.9. The molecule has 23 heavy (non-hydrogen) atoms. The molecule has 0 unspecified atom stereocenters. The molecule has 1 saturated heterocycles. The average molecular weight is 341 g/mol. The summed E-state index contributed by atoms with van der Waals surface area (Å²) < 4.78 is 0. The summed E-state index contributed by atoms with van der Waals surface area (Å²) in [6.07, 6.45) is 1.87. The molecule has 0 aliphatic carbocycles. The van der Waals surface area contributed by atoms with Crippen LogP contribution in [0.1, 0.15) is 18.4 Å². The lowest BCUT2D eigenvalue weighted by molar-refractivity contribution is -0.384. The van der Waals surface area contributed by atoms with Crippen molar-refractivity contribution in [1.82, 2.24) is 15.5 Å². The Bertz CT molecular complexity index is 574. The fourth-order valence-corrected chi connectivity index (χ4v) is 2.83. The first-order valence-electron chi connectivity index (χ1n) is 7.58. The van der Waals surface area contributed by atoms with Crippen LogP contribution in [0.3, 0.4) is 0 Å². The second-order valence-corrected chi connectivity index (χ2v) is 6.04. The maximum absolute atomic E-state index is 11.4. The average Bonchev–Trinajstić information content (AvgIpc) is 2.55. The lowest BCUT2D eigenvalue weighted by Crippen LogP contribution is -2.45. The number of nitrogens with one attached hydrogen (secondary N) is 2. The Balaban J connectivity index is 1.82. The van der Waals surface area contributed by atoms with Crippen LogP contribution in [-0.4, -0.2) is 48.5 Å². The van der Waals surface area contributed by atoms with Gasteiger partial charge in [-0.3, -0.25) is 19.8 Å². The third kappa shape index (κ3) is 5.16. The van der Waals surface area contributed by atoms with Crippen molar-refractivity contribution in [3.05, 3.63) is 38.9 Å². The van der Waals surface area contributed by atoms with Crippen molar-refractivity contribution < 1.29 is 9.72 Å². The van der Waals surface area contributed by atoms with Crippen molar-refractivity contribution in [3.8, 4) is 0 Å². The number of piperidine rings is 1. The van der Waals surface area contributed by atoms with E-state index in [2.05, 4.69) is 15.5 Å². The minimum Gasteiger partial charge on any atom is -0.358 e. The molecule has 0 bridgehead atoms. The zero-order valence-corrected chi connectivity index (χ0v) is 13.8. The van der Waals surface area contributed by atoms with Gasteiger partial charge < -0.3 is 10.6 Å². The van der Waals surface area contributed by atoms with Gasteiger partial charge >= 0.3 is 0 Å². The number of rotatable bonds is 6. The first-order valence-corrected chi connectivity index (χ1v) is 7.96. The number of non-ortho nitro benzene ring substituents is 1. The number of benzene rings is 1. The molecule has 126 valence electrons. The van der Waals surface area contributed by atoms with Gasteiger partial charge in [0.15, 0.2) is 0 Å². The number of carbonyl (C=O) groups excluding carboxylic acids is 1. The van der Waals surface area contributed by atoms with Gasteiger partial charge in [-0.15, -0.1) is 0 Å². The van der Waals surface area contributed by atoms with Gasteiger partial charge in [-0.1, -0.05) is 11.6 Å². The van der Waals surface area contributed by atoms with Gasteiger partial charge in [-0.2, -0.15) is 0 Å². The number of halogens is 1. The summed E-state index contributed by atoms with van der Waals surface area (Å²) in [5.74, 6) is 0.0276. The van der Waals surface area contributed by atoms with E-state index >= 15 is 0 Å². The van der Waals surface area contributed by atoms with Crippen LogP contribution < -0.4 is 10.6 Å². The number of nitro benzene ring substituents is 1. The molecule has 1 aliphatic heterocycles. The largest absolute Gasteiger partial charge is 0.358 e. The van der Waals surface area contributed by atoms with Gasteiger partial charge in [0, 0.05) is 49.9 Å². The summed E-state index contributed by atoms with van der Waals surface area (Å²) in [5.41, 5.74) is 0.778. The predicted octanol–water partition coefficient (Wildman–Crippen LogP) is 1.55. The van der Waals surface area contributed by atoms with E-state index in [1.54, 1.807) is 13.1 Å². The molecule has 1 aliphatic rings. The van der Waals surface area contributed by atoms with Gasteiger partial charge in [0.1, 0.15) is 0 Å². The molecule has 0 saturated carbocycles. The van der Waals surface area contributed by atoms with Gasteiger partial charge in [-0.05, 0) is 24.5 Å². The molecular formula is C15H21ClN4O3. The minimum atomic E-state index is -0.420. The van der Waals surface area contributed by atoms with Crippen LogP contribution in [0.4, 0.5) is 5.69 Å². The molecule has 1 aromatic rings. The number of likely N-dealkylation sites (tertiary alicyclic amines) is 1. The van der Waals surface area contributed by atoms with Crippen molar-refractivity contribution >= 4 is 23.2 Å². The molecule has 1 fully saturated rings. The highest BCUT2D eigenvalue weighted by molar-refractivity contribution is 6.31. The molecule has 7 nitrogen and oxygen atoms in total. The lowest BCUT2D eigenvalue weighted by atomic mass is 10.0. The maximum Gasteiger partial charge on any atom is 0.269 e. The van der Waals surface area contributed by atoms with Crippen LogP contribution in [0.2, 0.25) is 5.02 Å². The van der Waals surface area contributed by atoms with Crippen LogP contribution in [0.5, 0.6) is 0 Å².